The molecule has 8 nitrogen and oxygen atoms in total. The van der Waals surface area contributed by atoms with Crippen LogP contribution >= 0.6 is 0 Å². The molecule has 0 fully saturated rings. The van der Waals surface area contributed by atoms with E-state index in [1.165, 1.54) is 4.90 Å². The van der Waals surface area contributed by atoms with Crippen LogP contribution in [0.3, 0.4) is 0 Å². The summed E-state index contributed by atoms with van der Waals surface area (Å²) in [6.45, 7) is 5.51. The van der Waals surface area contributed by atoms with Crippen molar-refractivity contribution in [3.05, 3.63) is 88.6 Å². The van der Waals surface area contributed by atoms with Gasteiger partial charge in [-0.1, -0.05) is 12.1 Å². The number of amides is 1. The smallest absolute Gasteiger partial charge is 0.412 e. The van der Waals surface area contributed by atoms with E-state index in [1.807, 2.05) is 69.3 Å². The lowest BCUT2D eigenvalue weighted by Gasteiger charge is -2.33. The monoisotopic (exact) mass is 479 g/mol. The predicted octanol–water partition coefficient (Wildman–Crippen LogP) is 5.30. The molecule has 3 heterocycles. The van der Waals surface area contributed by atoms with E-state index in [4.69, 9.17) is 0 Å². The number of hydrogen-bond acceptors (Lipinski definition) is 5. The lowest BCUT2D eigenvalue weighted by atomic mass is 10.0. The van der Waals surface area contributed by atoms with E-state index >= 15 is 0 Å². The van der Waals surface area contributed by atoms with Gasteiger partial charge in [0.1, 0.15) is 0 Å². The number of hydrogen-bond donors (Lipinski definition) is 3. The van der Waals surface area contributed by atoms with Gasteiger partial charge >= 0.3 is 6.09 Å². The number of aromatic hydroxyl groups is 1. The molecule has 1 aliphatic heterocycles. The minimum atomic E-state index is -1.04. The van der Waals surface area contributed by atoms with Crippen molar-refractivity contribution in [2.24, 2.45) is 10.2 Å². The molecule has 0 atom stereocenters. The molecule has 36 heavy (non-hydrogen) atoms. The molecule has 3 N–H and O–H groups in total. The second kappa shape index (κ2) is 8.81. The van der Waals surface area contributed by atoms with E-state index in [2.05, 4.69) is 20.2 Å². The number of nitrogens with zero attached hydrogens (tertiary/aromatic N) is 4. The Hall–Kier alpha value is -4.72. The van der Waals surface area contributed by atoms with Crippen molar-refractivity contribution in [2.45, 2.75) is 26.3 Å². The Kier molecular flexibility index (Phi) is 5.64. The highest BCUT2D eigenvalue weighted by Crippen LogP contribution is 2.33. The Labute approximate surface area is 207 Å². The molecule has 0 bridgehead atoms. The van der Waals surface area contributed by atoms with Gasteiger partial charge in [-0.3, -0.25) is 9.88 Å². The highest BCUT2D eigenvalue weighted by atomic mass is 16.4. The van der Waals surface area contributed by atoms with Crippen LogP contribution in [0.1, 0.15) is 31.9 Å². The van der Waals surface area contributed by atoms with E-state index in [-0.39, 0.29) is 5.88 Å². The molecule has 8 heteroatoms. The van der Waals surface area contributed by atoms with Crippen LogP contribution in [0.4, 0.5) is 16.2 Å². The zero-order chi connectivity index (χ0) is 25.4. The van der Waals surface area contributed by atoms with Crippen LogP contribution in [0.15, 0.2) is 77.2 Å². The number of H-pyrrole nitrogens is 1. The van der Waals surface area contributed by atoms with Crippen LogP contribution in [0.2, 0.25) is 0 Å². The van der Waals surface area contributed by atoms with Gasteiger partial charge in [0.15, 0.2) is 5.88 Å². The molecule has 0 saturated carbocycles. The quantitative estimate of drug-likeness (QED) is 0.368. The zero-order valence-corrected chi connectivity index (χ0v) is 20.1. The lowest BCUT2D eigenvalue weighted by molar-refractivity contribution is 0.195. The summed E-state index contributed by atoms with van der Waals surface area (Å²) in [5, 5.41) is 31.5. The number of aromatic amines is 1. The lowest BCUT2D eigenvalue weighted by Crippen LogP contribution is -2.45. The average Bonchev–Trinajstić information content (AvgIpc) is 3.37. The van der Waals surface area contributed by atoms with Gasteiger partial charge in [-0.15, -0.1) is 10.2 Å². The summed E-state index contributed by atoms with van der Waals surface area (Å²) >= 11 is 0. The maximum Gasteiger partial charge on any atom is 0.412 e. The fourth-order valence-electron chi connectivity index (χ4n) is 4.30. The Morgan fingerprint density at radius 1 is 1.00 bits per heavy atom. The molecule has 1 amide bonds. The van der Waals surface area contributed by atoms with Crippen molar-refractivity contribution in [2.75, 3.05) is 4.90 Å². The largest absolute Gasteiger partial charge is 0.494 e. The fourth-order valence-corrected chi connectivity index (χ4v) is 4.30. The third-order valence-corrected chi connectivity index (χ3v) is 5.94. The Bertz CT molecular complexity index is 1660. The summed E-state index contributed by atoms with van der Waals surface area (Å²) in [6.07, 6.45) is 8.17. The number of aromatic nitrogens is 2. The van der Waals surface area contributed by atoms with E-state index in [0.717, 1.165) is 32.8 Å². The van der Waals surface area contributed by atoms with Gasteiger partial charge in [-0.2, -0.15) is 0 Å². The van der Waals surface area contributed by atoms with Crippen molar-refractivity contribution >= 4 is 46.2 Å². The molecule has 2 aromatic heterocycles. The molecular formula is C28H25N5O3. The third-order valence-electron chi connectivity index (χ3n) is 5.94. The van der Waals surface area contributed by atoms with Crippen LogP contribution < -0.4 is 15.3 Å². The van der Waals surface area contributed by atoms with Crippen LogP contribution in [0.5, 0.6) is 5.88 Å². The normalized spacial score (nSPS) is 13.6. The molecule has 180 valence electrons. The molecule has 5 rings (SSSR count). The number of carboxylic acid groups (broad SMARTS) is 1. The number of rotatable bonds is 4. The van der Waals surface area contributed by atoms with Gasteiger partial charge in [-0.05, 0) is 86.2 Å². The molecule has 0 spiro atoms. The topological polar surface area (TPSA) is 114 Å². The fraction of sp³-hybridized carbons (Fsp3) is 0.143. The number of carbonyl (C=O) groups is 1. The number of fused-ring (bicyclic) bond motifs is 2. The Morgan fingerprint density at radius 3 is 2.50 bits per heavy atom. The second-order valence-electron chi connectivity index (χ2n) is 9.53. The van der Waals surface area contributed by atoms with Gasteiger partial charge < -0.3 is 15.2 Å². The predicted molar refractivity (Wildman–Crippen MR) is 141 cm³/mol. The molecule has 0 unspecified atom stereocenters. The van der Waals surface area contributed by atoms with E-state index < -0.39 is 11.6 Å². The number of anilines is 1. The minimum absolute atomic E-state index is 0.00874. The van der Waals surface area contributed by atoms with Crippen LogP contribution in [0.25, 0.3) is 28.8 Å². The average molecular weight is 480 g/mol. The summed E-state index contributed by atoms with van der Waals surface area (Å²) in [5.41, 5.74) is 3.70. The van der Waals surface area contributed by atoms with Gasteiger partial charge in [-0.25, -0.2) is 4.79 Å². The highest BCUT2D eigenvalue weighted by Gasteiger charge is 2.28. The maximum atomic E-state index is 12.0. The first-order valence-corrected chi connectivity index (χ1v) is 11.4. The molecule has 0 aliphatic carbocycles. The van der Waals surface area contributed by atoms with Gasteiger partial charge in [0.05, 0.1) is 11.4 Å². The van der Waals surface area contributed by atoms with Gasteiger partial charge in [0, 0.05) is 45.3 Å². The van der Waals surface area contributed by atoms with Gasteiger partial charge in [0.25, 0.3) is 0 Å². The minimum Gasteiger partial charge on any atom is -0.494 e. The maximum absolute atomic E-state index is 12.0. The Balaban J connectivity index is 1.56. The molecule has 2 aromatic carbocycles. The summed E-state index contributed by atoms with van der Waals surface area (Å²) in [5.74, 6) is 0.00874. The van der Waals surface area contributed by atoms with Crippen LogP contribution in [-0.2, 0) is 0 Å². The standard InChI is InChI=1S/C28H25N5O3/c1-28(2,3)33(27(35)36)19-6-9-23-21(16-19)22(26(34)30-23)14-18-4-7-20-24(31-32-25(20)15-18)8-5-17-10-12-29-13-11-17/h4-16,30,34H,1-3H3,(H,35,36). The SMILES string of the molecule is CC(C)(C)N(C(=O)O)c1ccc2[nH]c(O)c(C=c3ccc4c(c3)N=NC=4C=Cc3ccncc3)c2c1. The molecule has 0 saturated heterocycles. The van der Waals surface area contributed by atoms with Crippen molar-refractivity contribution in [1.29, 1.82) is 0 Å². The summed E-state index contributed by atoms with van der Waals surface area (Å²) in [4.78, 5) is 20.3. The van der Waals surface area contributed by atoms with Crippen molar-refractivity contribution in [3.63, 3.8) is 0 Å². The number of pyridine rings is 1. The summed E-state index contributed by atoms with van der Waals surface area (Å²) in [6, 6.07) is 14.9. The first-order chi connectivity index (χ1) is 17.2. The second-order valence-corrected chi connectivity index (χ2v) is 9.53. The number of nitrogens with one attached hydrogen (secondary N) is 1. The zero-order valence-electron chi connectivity index (χ0n) is 20.1. The third kappa shape index (κ3) is 4.36. The number of azo groups is 1. The highest BCUT2D eigenvalue weighted by molar-refractivity contribution is 5.97. The van der Waals surface area contributed by atoms with Gasteiger partial charge in [0.2, 0.25) is 0 Å². The molecule has 0 radical (unpaired) electrons. The number of benzene rings is 2. The molecule has 1 aliphatic rings. The molecular weight excluding hydrogens is 454 g/mol. The first kappa shape index (κ1) is 23.0. The summed E-state index contributed by atoms with van der Waals surface area (Å²) in [7, 11) is 0. The van der Waals surface area contributed by atoms with E-state index in [1.54, 1.807) is 30.6 Å². The van der Waals surface area contributed by atoms with Crippen LogP contribution in [0, 0.1) is 0 Å². The summed E-state index contributed by atoms with van der Waals surface area (Å²) < 4.78 is 0. The van der Waals surface area contributed by atoms with Crippen molar-refractivity contribution in [3.8, 4) is 5.88 Å². The van der Waals surface area contributed by atoms with Crippen molar-refractivity contribution in [1.82, 2.24) is 9.97 Å². The van der Waals surface area contributed by atoms with Crippen molar-refractivity contribution < 1.29 is 15.0 Å². The Morgan fingerprint density at radius 2 is 1.78 bits per heavy atom. The van der Waals surface area contributed by atoms with E-state index in [0.29, 0.717) is 16.8 Å². The van der Waals surface area contributed by atoms with E-state index in [9.17, 15) is 15.0 Å². The first-order valence-electron chi connectivity index (χ1n) is 11.4. The van der Waals surface area contributed by atoms with Crippen LogP contribution in [-0.4, -0.2) is 31.8 Å². The molecule has 4 aromatic rings.